The van der Waals surface area contributed by atoms with E-state index in [9.17, 15) is 18.0 Å². The molecule has 2 amide bonds. The molecule has 0 saturated heterocycles. The number of para-hydroxylation sites is 1. The molecule has 0 aromatic heterocycles. The zero-order valence-corrected chi connectivity index (χ0v) is 20.3. The Kier molecular flexibility index (Phi) is 7.92. The molecule has 6 nitrogen and oxygen atoms in total. The Hall–Kier alpha value is -4.23. The van der Waals surface area contributed by atoms with Crippen LogP contribution in [0.15, 0.2) is 115 Å². The highest BCUT2D eigenvalue weighted by Gasteiger charge is 2.20. The summed E-state index contributed by atoms with van der Waals surface area (Å²) in [5.41, 5.74) is 3.36. The van der Waals surface area contributed by atoms with Gasteiger partial charge in [-0.1, -0.05) is 91.0 Å². The lowest BCUT2D eigenvalue weighted by Gasteiger charge is -2.20. The summed E-state index contributed by atoms with van der Waals surface area (Å²) in [6.45, 7) is 0. The van der Waals surface area contributed by atoms with Crippen LogP contribution in [0.5, 0.6) is 0 Å². The first-order valence-corrected chi connectivity index (χ1v) is 13.3. The summed E-state index contributed by atoms with van der Waals surface area (Å²) >= 11 is 0. The van der Waals surface area contributed by atoms with Gasteiger partial charge in [0.05, 0.1) is 11.8 Å². The van der Waals surface area contributed by atoms with Crippen LogP contribution in [0.25, 0.3) is 0 Å². The molecule has 0 aliphatic rings. The molecular weight excluding hydrogens is 472 g/mol. The molecule has 4 rings (SSSR count). The topological polar surface area (TPSA) is 92.3 Å². The van der Waals surface area contributed by atoms with Crippen molar-refractivity contribution in [1.29, 1.82) is 0 Å². The van der Waals surface area contributed by atoms with Crippen molar-refractivity contribution in [1.82, 2.24) is 5.32 Å². The fraction of sp³-hybridized carbons (Fsp3) is 0.103. The van der Waals surface area contributed by atoms with Crippen molar-refractivity contribution in [2.24, 2.45) is 0 Å². The Balaban J connectivity index is 1.41. The summed E-state index contributed by atoms with van der Waals surface area (Å²) in [5.74, 6) is -1.79. The highest BCUT2D eigenvalue weighted by Crippen LogP contribution is 2.22. The predicted molar refractivity (Wildman–Crippen MR) is 141 cm³/mol. The van der Waals surface area contributed by atoms with E-state index in [-0.39, 0.29) is 17.7 Å². The van der Waals surface area contributed by atoms with Crippen molar-refractivity contribution in [3.63, 3.8) is 0 Å². The van der Waals surface area contributed by atoms with Crippen LogP contribution >= 0.6 is 0 Å². The van der Waals surface area contributed by atoms with Gasteiger partial charge in [0.1, 0.15) is 5.75 Å². The van der Waals surface area contributed by atoms with Gasteiger partial charge in [0.2, 0.25) is 5.91 Å². The van der Waals surface area contributed by atoms with E-state index in [4.69, 9.17) is 0 Å². The zero-order chi connectivity index (χ0) is 25.4. The summed E-state index contributed by atoms with van der Waals surface area (Å²) in [7, 11) is -3.69. The molecular formula is C29H26N2O4S. The molecule has 4 aromatic rings. The first kappa shape index (κ1) is 24.9. The zero-order valence-electron chi connectivity index (χ0n) is 19.5. The predicted octanol–water partition coefficient (Wildman–Crippen LogP) is 4.76. The molecule has 0 radical (unpaired) electrons. The number of amides is 2. The van der Waals surface area contributed by atoms with Crippen LogP contribution in [0.1, 0.15) is 33.1 Å². The highest BCUT2D eigenvalue weighted by atomic mass is 32.2. The first-order chi connectivity index (χ1) is 17.4. The van der Waals surface area contributed by atoms with Crippen molar-refractivity contribution in [2.75, 3.05) is 11.1 Å². The summed E-state index contributed by atoms with van der Waals surface area (Å²) in [5, 5.41) is 5.65. The van der Waals surface area contributed by atoms with Crippen LogP contribution < -0.4 is 10.6 Å². The maximum atomic E-state index is 13.0. The van der Waals surface area contributed by atoms with Gasteiger partial charge in [0, 0.05) is 11.3 Å². The normalized spacial score (nSPS) is 11.1. The lowest BCUT2D eigenvalue weighted by atomic mass is 9.98. The standard InChI is InChI=1S/C29H26N2O4S/c32-27(30-26-14-8-3-9-15-26)21-36(34,35)20-22-16-18-25(19-17-22)29(33)31-28(23-10-4-1-5-11-23)24-12-6-2-7-13-24/h1-19,28H,20-21H2,(H,30,32)(H,31,33). The van der Waals surface area contributed by atoms with Gasteiger partial charge in [0.25, 0.3) is 5.91 Å². The van der Waals surface area contributed by atoms with Crippen LogP contribution in [-0.4, -0.2) is 26.0 Å². The maximum Gasteiger partial charge on any atom is 0.252 e. The molecule has 0 aliphatic heterocycles. The number of benzene rings is 4. The molecule has 4 aromatic carbocycles. The quantitative estimate of drug-likeness (QED) is 0.348. The second kappa shape index (κ2) is 11.5. The number of anilines is 1. The van der Waals surface area contributed by atoms with Gasteiger partial charge in [-0.2, -0.15) is 0 Å². The van der Waals surface area contributed by atoms with Gasteiger partial charge in [-0.25, -0.2) is 8.42 Å². The number of carbonyl (C=O) groups excluding carboxylic acids is 2. The van der Waals surface area contributed by atoms with Crippen molar-refractivity contribution < 1.29 is 18.0 Å². The van der Waals surface area contributed by atoms with E-state index in [0.717, 1.165) is 11.1 Å². The molecule has 36 heavy (non-hydrogen) atoms. The monoisotopic (exact) mass is 498 g/mol. The smallest absolute Gasteiger partial charge is 0.252 e. The third kappa shape index (κ3) is 6.90. The molecule has 2 N–H and O–H groups in total. The van der Waals surface area contributed by atoms with Crippen molar-refractivity contribution in [2.45, 2.75) is 11.8 Å². The SMILES string of the molecule is O=C(CS(=O)(=O)Cc1ccc(C(=O)NC(c2ccccc2)c2ccccc2)cc1)Nc1ccccc1. The third-order valence-corrected chi connectivity index (χ3v) is 7.03. The van der Waals surface area contributed by atoms with Gasteiger partial charge in [-0.15, -0.1) is 0 Å². The molecule has 182 valence electrons. The molecule has 0 heterocycles. The van der Waals surface area contributed by atoms with Crippen LogP contribution in [0.2, 0.25) is 0 Å². The fourth-order valence-electron chi connectivity index (χ4n) is 3.84. The lowest BCUT2D eigenvalue weighted by Crippen LogP contribution is -2.29. The minimum atomic E-state index is -3.69. The van der Waals surface area contributed by atoms with Crippen LogP contribution in [-0.2, 0) is 20.4 Å². The molecule has 0 unspecified atom stereocenters. The summed E-state index contributed by atoms with van der Waals surface area (Å²) < 4.78 is 25.1. The number of hydrogen-bond donors (Lipinski definition) is 2. The molecule has 0 bridgehead atoms. The Bertz CT molecular complexity index is 1370. The lowest BCUT2D eigenvalue weighted by molar-refractivity contribution is -0.113. The highest BCUT2D eigenvalue weighted by molar-refractivity contribution is 7.91. The van der Waals surface area contributed by atoms with Crippen molar-refractivity contribution in [3.05, 3.63) is 138 Å². The Morgan fingerprint density at radius 2 is 1.17 bits per heavy atom. The van der Waals surface area contributed by atoms with E-state index in [0.29, 0.717) is 16.8 Å². The van der Waals surface area contributed by atoms with E-state index in [1.165, 1.54) is 0 Å². The van der Waals surface area contributed by atoms with Gasteiger partial charge in [-0.3, -0.25) is 9.59 Å². The second-order valence-corrected chi connectivity index (χ2v) is 10.4. The van der Waals surface area contributed by atoms with Gasteiger partial charge in [0.15, 0.2) is 9.84 Å². The average Bonchev–Trinajstić information content (AvgIpc) is 2.88. The Labute approximate surface area is 210 Å². The van der Waals surface area contributed by atoms with E-state index in [1.807, 2.05) is 60.7 Å². The molecule has 0 saturated carbocycles. The minimum Gasteiger partial charge on any atom is -0.341 e. The summed E-state index contributed by atoms with van der Waals surface area (Å²) in [6, 6.07) is 34.1. The minimum absolute atomic E-state index is 0.274. The van der Waals surface area contributed by atoms with Gasteiger partial charge < -0.3 is 10.6 Å². The van der Waals surface area contributed by atoms with E-state index in [2.05, 4.69) is 10.6 Å². The Morgan fingerprint density at radius 1 is 0.667 bits per heavy atom. The van der Waals surface area contributed by atoms with Crippen molar-refractivity contribution >= 4 is 27.3 Å². The number of rotatable bonds is 9. The summed E-state index contributed by atoms with van der Waals surface area (Å²) in [6.07, 6.45) is 0. The number of hydrogen-bond acceptors (Lipinski definition) is 4. The van der Waals surface area contributed by atoms with Crippen LogP contribution in [0.3, 0.4) is 0 Å². The largest absolute Gasteiger partial charge is 0.341 e. The second-order valence-electron chi connectivity index (χ2n) is 8.37. The van der Waals surface area contributed by atoms with E-state index < -0.39 is 21.5 Å². The Morgan fingerprint density at radius 3 is 1.69 bits per heavy atom. The first-order valence-electron chi connectivity index (χ1n) is 11.4. The third-order valence-electron chi connectivity index (χ3n) is 5.55. The van der Waals surface area contributed by atoms with E-state index in [1.54, 1.807) is 54.6 Å². The molecule has 0 aliphatic carbocycles. The average molecular weight is 499 g/mol. The fourth-order valence-corrected chi connectivity index (χ4v) is 5.11. The molecule has 7 heteroatoms. The summed E-state index contributed by atoms with van der Waals surface area (Å²) in [4.78, 5) is 25.2. The van der Waals surface area contributed by atoms with Crippen LogP contribution in [0, 0.1) is 0 Å². The number of carbonyl (C=O) groups is 2. The molecule has 0 atom stereocenters. The van der Waals surface area contributed by atoms with Crippen LogP contribution in [0.4, 0.5) is 5.69 Å². The van der Waals surface area contributed by atoms with Gasteiger partial charge in [-0.05, 0) is 41.0 Å². The van der Waals surface area contributed by atoms with E-state index >= 15 is 0 Å². The molecule has 0 fully saturated rings. The van der Waals surface area contributed by atoms with Crippen molar-refractivity contribution in [3.8, 4) is 0 Å². The number of sulfone groups is 1. The van der Waals surface area contributed by atoms with Gasteiger partial charge >= 0.3 is 0 Å². The molecule has 0 spiro atoms. The maximum absolute atomic E-state index is 13.0. The number of nitrogens with one attached hydrogen (secondary N) is 2.